The minimum Gasteiger partial charge on any atom is -0.492 e. The minimum atomic E-state index is -0.0966. The maximum atomic E-state index is 11.8. The zero-order valence-corrected chi connectivity index (χ0v) is 12.4. The third kappa shape index (κ3) is 4.29. The second-order valence-electron chi connectivity index (χ2n) is 5.48. The van der Waals surface area contributed by atoms with E-state index in [-0.39, 0.29) is 17.7 Å². The number of nitrogens with zero attached hydrogens (tertiary/aromatic N) is 1. The molecule has 1 aromatic carbocycles. The van der Waals surface area contributed by atoms with Gasteiger partial charge in [0.1, 0.15) is 12.4 Å². The van der Waals surface area contributed by atoms with Gasteiger partial charge in [-0.1, -0.05) is 19.1 Å². The number of amides is 2. The number of rotatable bonds is 6. The first-order valence-electron chi connectivity index (χ1n) is 7.35. The molecule has 0 aliphatic carbocycles. The Balaban J connectivity index is 1.81. The number of hydrogen-bond donors (Lipinski definition) is 1. The summed E-state index contributed by atoms with van der Waals surface area (Å²) in [4.78, 5) is 24.9. The fourth-order valence-electron chi connectivity index (χ4n) is 2.45. The van der Waals surface area contributed by atoms with Gasteiger partial charge in [-0.05, 0) is 36.6 Å². The number of imide groups is 1. The van der Waals surface area contributed by atoms with Crippen molar-refractivity contribution in [3.8, 4) is 5.75 Å². The molecule has 0 unspecified atom stereocenters. The molecule has 0 atom stereocenters. The molecule has 5 nitrogen and oxygen atoms in total. The number of likely N-dealkylation sites (tertiary alicyclic amines) is 1. The van der Waals surface area contributed by atoms with E-state index in [0.29, 0.717) is 32.5 Å². The van der Waals surface area contributed by atoms with Gasteiger partial charge in [0.25, 0.3) is 0 Å². The van der Waals surface area contributed by atoms with Crippen LogP contribution < -0.4 is 10.5 Å². The van der Waals surface area contributed by atoms with Crippen LogP contribution in [0.25, 0.3) is 0 Å². The molecular formula is C16H22N2O3. The SMILES string of the molecule is CC1CC(=O)N(CCOc2ccc(CCN)cc2)C(=O)C1. The first-order valence-corrected chi connectivity index (χ1v) is 7.35. The van der Waals surface area contributed by atoms with Gasteiger partial charge in [-0.2, -0.15) is 0 Å². The summed E-state index contributed by atoms with van der Waals surface area (Å²) in [5, 5.41) is 0. The zero-order chi connectivity index (χ0) is 15.2. The molecule has 1 heterocycles. The molecule has 114 valence electrons. The van der Waals surface area contributed by atoms with E-state index in [4.69, 9.17) is 10.5 Å². The minimum absolute atomic E-state index is 0.0966. The fraction of sp³-hybridized carbons (Fsp3) is 0.500. The Kier molecular flexibility index (Phi) is 5.33. The lowest BCUT2D eigenvalue weighted by atomic mass is 9.98. The predicted octanol–water partition coefficient (Wildman–Crippen LogP) is 1.35. The van der Waals surface area contributed by atoms with Crippen LogP contribution in [0.4, 0.5) is 0 Å². The van der Waals surface area contributed by atoms with Crippen molar-refractivity contribution in [3.63, 3.8) is 0 Å². The number of carbonyl (C=O) groups is 2. The van der Waals surface area contributed by atoms with Gasteiger partial charge < -0.3 is 10.5 Å². The molecule has 0 aromatic heterocycles. The number of ether oxygens (including phenoxy) is 1. The molecule has 21 heavy (non-hydrogen) atoms. The molecule has 1 aromatic rings. The third-order valence-electron chi connectivity index (χ3n) is 3.59. The van der Waals surface area contributed by atoms with Crippen molar-refractivity contribution < 1.29 is 14.3 Å². The normalized spacial score (nSPS) is 16.4. The second-order valence-corrected chi connectivity index (χ2v) is 5.48. The van der Waals surface area contributed by atoms with Crippen LogP contribution in [0.2, 0.25) is 0 Å². The van der Waals surface area contributed by atoms with E-state index in [1.54, 1.807) is 0 Å². The molecule has 1 aliphatic heterocycles. The Hall–Kier alpha value is -1.88. The van der Waals surface area contributed by atoms with Crippen LogP contribution in [-0.2, 0) is 16.0 Å². The molecule has 2 amide bonds. The monoisotopic (exact) mass is 290 g/mol. The summed E-state index contributed by atoms with van der Waals surface area (Å²) < 4.78 is 5.59. The summed E-state index contributed by atoms with van der Waals surface area (Å²) in [5.41, 5.74) is 6.66. The maximum absolute atomic E-state index is 11.8. The van der Waals surface area contributed by atoms with Crippen LogP contribution in [-0.4, -0.2) is 36.4 Å². The van der Waals surface area contributed by atoms with Gasteiger partial charge in [0, 0.05) is 12.8 Å². The number of nitrogens with two attached hydrogens (primary N) is 1. The Bertz CT molecular complexity index is 481. The van der Waals surface area contributed by atoms with Crippen molar-refractivity contribution in [3.05, 3.63) is 29.8 Å². The van der Waals surface area contributed by atoms with Crippen molar-refractivity contribution in [1.82, 2.24) is 4.90 Å². The average Bonchev–Trinajstić information content (AvgIpc) is 2.44. The predicted molar refractivity (Wildman–Crippen MR) is 79.8 cm³/mol. The zero-order valence-electron chi connectivity index (χ0n) is 12.4. The van der Waals surface area contributed by atoms with E-state index in [2.05, 4.69) is 0 Å². The van der Waals surface area contributed by atoms with Gasteiger partial charge in [-0.15, -0.1) is 0 Å². The molecule has 2 N–H and O–H groups in total. The van der Waals surface area contributed by atoms with Gasteiger partial charge in [-0.3, -0.25) is 14.5 Å². The van der Waals surface area contributed by atoms with Crippen molar-refractivity contribution in [1.29, 1.82) is 0 Å². The maximum Gasteiger partial charge on any atom is 0.229 e. The van der Waals surface area contributed by atoms with Gasteiger partial charge in [0.05, 0.1) is 6.54 Å². The number of hydrogen-bond acceptors (Lipinski definition) is 4. The Labute approximate surface area is 125 Å². The molecule has 1 aliphatic rings. The lowest BCUT2D eigenvalue weighted by Gasteiger charge is -2.28. The summed E-state index contributed by atoms with van der Waals surface area (Å²) in [6, 6.07) is 7.71. The highest BCUT2D eigenvalue weighted by molar-refractivity contribution is 5.97. The van der Waals surface area contributed by atoms with Crippen molar-refractivity contribution in [2.24, 2.45) is 11.7 Å². The lowest BCUT2D eigenvalue weighted by Crippen LogP contribution is -2.44. The Morgan fingerprint density at radius 2 is 1.81 bits per heavy atom. The quantitative estimate of drug-likeness (QED) is 0.803. The molecule has 1 saturated heterocycles. The molecule has 0 spiro atoms. The smallest absolute Gasteiger partial charge is 0.229 e. The van der Waals surface area contributed by atoms with E-state index in [1.807, 2.05) is 31.2 Å². The lowest BCUT2D eigenvalue weighted by molar-refractivity contribution is -0.150. The summed E-state index contributed by atoms with van der Waals surface area (Å²) in [6.07, 6.45) is 1.73. The van der Waals surface area contributed by atoms with Crippen LogP contribution in [0.15, 0.2) is 24.3 Å². The first kappa shape index (κ1) is 15.5. The summed E-state index contributed by atoms with van der Waals surface area (Å²) in [6.45, 7) is 3.18. The summed E-state index contributed by atoms with van der Waals surface area (Å²) in [5.74, 6) is 0.694. The number of benzene rings is 1. The van der Waals surface area contributed by atoms with Crippen LogP contribution in [0.1, 0.15) is 25.3 Å². The van der Waals surface area contributed by atoms with Gasteiger partial charge in [-0.25, -0.2) is 0 Å². The van der Waals surface area contributed by atoms with Crippen molar-refractivity contribution >= 4 is 11.8 Å². The Morgan fingerprint density at radius 1 is 1.19 bits per heavy atom. The van der Waals surface area contributed by atoms with Crippen LogP contribution in [0.5, 0.6) is 5.75 Å². The van der Waals surface area contributed by atoms with E-state index in [1.165, 1.54) is 10.5 Å². The van der Waals surface area contributed by atoms with Crippen LogP contribution >= 0.6 is 0 Å². The fourth-order valence-corrected chi connectivity index (χ4v) is 2.45. The van der Waals surface area contributed by atoms with Gasteiger partial charge in [0.2, 0.25) is 11.8 Å². The van der Waals surface area contributed by atoms with Gasteiger partial charge in [0.15, 0.2) is 0 Å². The molecule has 0 saturated carbocycles. The van der Waals surface area contributed by atoms with E-state index in [0.717, 1.165) is 12.2 Å². The number of piperidine rings is 1. The second kappa shape index (κ2) is 7.22. The Morgan fingerprint density at radius 3 is 2.38 bits per heavy atom. The molecule has 2 rings (SSSR count). The molecule has 0 radical (unpaired) electrons. The summed E-state index contributed by atoms with van der Waals surface area (Å²) in [7, 11) is 0. The highest BCUT2D eigenvalue weighted by atomic mass is 16.5. The highest BCUT2D eigenvalue weighted by Gasteiger charge is 2.29. The topological polar surface area (TPSA) is 72.6 Å². The van der Waals surface area contributed by atoms with E-state index in [9.17, 15) is 9.59 Å². The van der Waals surface area contributed by atoms with Crippen LogP contribution in [0, 0.1) is 5.92 Å². The van der Waals surface area contributed by atoms with E-state index >= 15 is 0 Å². The van der Waals surface area contributed by atoms with Gasteiger partial charge >= 0.3 is 0 Å². The highest BCUT2D eigenvalue weighted by Crippen LogP contribution is 2.19. The largest absolute Gasteiger partial charge is 0.492 e. The van der Waals surface area contributed by atoms with Crippen molar-refractivity contribution in [2.45, 2.75) is 26.2 Å². The third-order valence-corrected chi connectivity index (χ3v) is 3.59. The molecule has 0 bridgehead atoms. The first-order chi connectivity index (χ1) is 10.1. The van der Waals surface area contributed by atoms with E-state index < -0.39 is 0 Å². The number of carbonyl (C=O) groups excluding carboxylic acids is 2. The average molecular weight is 290 g/mol. The standard InChI is InChI=1S/C16H22N2O3/c1-12-10-15(19)18(16(20)11-12)8-9-21-14-4-2-13(3-5-14)6-7-17/h2-5,12H,6-11,17H2,1H3. The molecule has 5 heteroatoms. The van der Waals surface area contributed by atoms with Crippen molar-refractivity contribution in [2.75, 3.05) is 19.7 Å². The van der Waals surface area contributed by atoms with Crippen LogP contribution in [0.3, 0.4) is 0 Å². The molecule has 1 fully saturated rings. The molecular weight excluding hydrogens is 268 g/mol. The summed E-state index contributed by atoms with van der Waals surface area (Å²) >= 11 is 0.